The fraction of sp³-hybridized carbons (Fsp3) is 0.711. The van der Waals surface area contributed by atoms with Gasteiger partial charge in [-0.3, -0.25) is 4.79 Å². The highest BCUT2D eigenvalue weighted by Crippen LogP contribution is 2.14. The van der Waals surface area contributed by atoms with E-state index in [-0.39, 0.29) is 19.2 Å². The number of ether oxygens (including phenoxy) is 2. The topological polar surface area (TPSA) is 55.8 Å². The maximum Gasteiger partial charge on any atom is 0.306 e. The van der Waals surface area contributed by atoms with Gasteiger partial charge in [-0.25, -0.2) is 0 Å². The molecule has 0 aliphatic rings. The minimum Gasteiger partial charge on any atom is -0.457 e. The molecule has 0 aromatic carbocycles. The van der Waals surface area contributed by atoms with E-state index in [2.05, 4.69) is 86.8 Å². The summed E-state index contributed by atoms with van der Waals surface area (Å²) in [5.74, 6) is -0.243. The highest BCUT2D eigenvalue weighted by molar-refractivity contribution is 5.69. The van der Waals surface area contributed by atoms with E-state index in [9.17, 15) is 9.90 Å². The average Bonchev–Trinajstić information content (AvgIpc) is 3.11. The Hall–Kier alpha value is -2.17. The van der Waals surface area contributed by atoms with Crippen molar-refractivity contribution in [3.05, 3.63) is 72.9 Å². The van der Waals surface area contributed by atoms with Crippen molar-refractivity contribution >= 4 is 5.97 Å². The van der Waals surface area contributed by atoms with E-state index in [0.717, 1.165) is 64.2 Å². The lowest BCUT2D eigenvalue weighted by molar-refractivity contribution is -0.154. The minimum atomic E-state index is -0.558. The molecule has 0 radical (unpaired) electrons. The monoisotopic (exact) mass is 683 g/mol. The lowest BCUT2D eigenvalue weighted by atomic mass is 10.0. The van der Waals surface area contributed by atoms with Crippen molar-refractivity contribution in [2.45, 2.75) is 187 Å². The quantitative estimate of drug-likeness (QED) is 0.0402. The average molecular weight is 683 g/mol. The molecule has 0 fully saturated rings. The zero-order valence-electron chi connectivity index (χ0n) is 32.2. The number of carbonyl (C=O) groups excluding carboxylic acids is 1. The first-order valence-corrected chi connectivity index (χ1v) is 20.5. The second-order valence-corrected chi connectivity index (χ2v) is 13.3. The number of hydrogen-bond acceptors (Lipinski definition) is 4. The molecule has 1 N–H and O–H groups in total. The van der Waals surface area contributed by atoms with Crippen molar-refractivity contribution in [1.82, 2.24) is 0 Å². The van der Waals surface area contributed by atoms with Crippen LogP contribution in [0.2, 0.25) is 0 Å². The van der Waals surface area contributed by atoms with Gasteiger partial charge in [-0.1, -0.05) is 183 Å². The molecule has 282 valence electrons. The Balaban J connectivity index is 3.56. The predicted octanol–water partition coefficient (Wildman–Crippen LogP) is 13.4. The molecule has 4 nitrogen and oxygen atoms in total. The summed E-state index contributed by atoms with van der Waals surface area (Å²) in [6, 6.07) is 0. The van der Waals surface area contributed by atoms with Crippen LogP contribution in [0.5, 0.6) is 0 Å². The summed E-state index contributed by atoms with van der Waals surface area (Å²) < 4.78 is 11.1. The van der Waals surface area contributed by atoms with Crippen LogP contribution in [0.15, 0.2) is 72.9 Å². The number of esters is 1. The molecule has 1 atom stereocenters. The summed E-state index contributed by atoms with van der Waals surface area (Å²) in [5.41, 5.74) is 0. The molecule has 0 aromatic rings. The van der Waals surface area contributed by atoms with Gasteiger partial charge in [0.1, 0.15) is 6.10 Å². The lowest BCUT2D eigenvalue weighted by Crippen LogP contribution is -2.27. The van der Waals surface area contributed by atoms with E-state index < -0.39 is 6.10 Å². The molecule has 0 spiro atoms. The SMILES string of the molecule is CC/C=C\C/C=C\C/C=C\C/C=C\C/C=C\C/C=C\CCCCC(=O)OC(CO)COCCCCCCCCCCCCCCCCCC. The van der Waals surface area contributed by atoms with Gasteiger partial charge in [0.2, 0.25) is 0 Å². The van der Waals surface area contributed by atoms with E-state index >= 15 is 0 Å². The standard InChI is InChI=1S/C45H78O4/c1-3-5-7-9-11-13-15-17-19-21-22-23-24-25-26-28-30-32-34-36-38-40-45(47)49-44(42-46)43-48-41-39-37-35-33-31-29-27-20-18-16-14-12-10-8-6-4-2/h5,7,11,13,17,19,22-23,25-26,30,32,44,46H,3-4,6,8-10,12,14-16,18,20-21,24,27-29,31,33-43H2,1-2H3/b7-5-,13-11-,19-17-,23-22-,26-25-,32-30-. The Kier molecular flexibility index (Phi) is 40.1. The van der Waals surface area contributed by atoms with Gasteiger partial charge in [-0.05, 0) is 64.2 Å². The van der Waals surface area contributed by atoms with Gasteiger partial charge in [0, 0.05) is 13.0 Å². The van der Waals surface area contributed by atoms with Crippen LogP contribution in [0.25, 0.3) is 0 Å². The van der Waals surface area contributed by atoms with Crippen molar-refractivity contribution in [3.8, 4) is 0 Å². The number of aliphatic hydroxyl groups is 1. The third-order valence-electron chi connectivity index (χ3n) is 8.55. The second-order valence-electron chi connectivity index (χ2n) is 13.3. The van der Waals surface area contributed by atoms with Gasteiger partial charge in [0.15, 0.2) is 0 Å². The molecule has 0 heterocycles. The van der Waals surface area contributed by atoms with Crippen LogP contribution in [0.4, 0.5) is 0 Å². The van der Waals surface area contributed by atoms with Crippen LogP contribution < -0.4 is 0 Å². The first-order chi connectivity index (χ1) is 24.2. The molecule has 0 saturated carbocycles. The van der Waals surface area contributed by atoms with E-state index in [1.54, 1.807) is 0 Å². The smallest absolute Gasteiger partial charge is 0.306 e. The molecule has 0 bridgehead atoms. The third kappa shape index (κ3) is 40.1. The van der Waals surface area contributed by atoms with Crippen molar-refractivity contribution in [3.63, 3.8) is 0 Å². The predicted molar refractivity (Wildman–Crippen MR) is 214 cm³/mol. The number of unbranched alkanes of at least 4 members (excludes halogenated alkanes) is 17. The van der Waals surface area contributed by atoms with Gasteiger partial charge in [0.25, 0.3) is 0 Å². The minimum absolute atomic E-state index is 0.191. The molecule has 0 rings (SSSR count). The maximum absolute atomic E-state index is 12.2. The molecule has 49 heavy (non-hydrogen) atoms. The maximum atomic E-state index is 12.2. The Bertz CT molecular complexity index is 850. The first kappa shape index (κ1) is 46.8. The number of hydrogen-bond donors (Lipinski definition) is 1. The molecule has 0 aliphatic heterocycles. The lowest BCUT2D eigenvalue weighted by Gasteiger charge is -2.15. The molecule has 0 aromatic heterocycles. The van der Waals surface area contributed by atoms with Crippen LogP contribution >= 0.6 is 0 Å². The zero-order chi connectivity index (χ0) is 35.6. The highest BCUT2D eigenvalue weighted by atomic mass is 16.6. The van der Waals surface area contributed by atoms with Crippen molar-refractivity contribution < 1.29 is 19.4 Å². The van der Waals surface area contributed by atoms with Crippen molar-refractivity contribution in [2.24, 2.45) is 0 Å². The molecular formula is C45H78O4. The Morgan fingerprint density at radius 3 is 1.35 bits per heavy atom. The third-order valence-corrected chi connectivity index (χ3v) is 8.55. The van der Waals surface area contributed by atoms with Gasteiger partial charge in [0.05, 0.1) is 13.2 Å². The van der Waals surface area contributed by atoms with E-state index in [0.29, 0.717) is 13.0 Å². The second kappa shape index (κ2) is 42.0. The largest absolute Gasteiger partial charge is 0.457 e. The zero-order valence-corrected chi connectivity index (χ0v) is 32.2. The number of carbonyl (C=O) groups is 1. The van der Waals surface area contributed by atoms with Gasteiger partial charge >= 0.3 is 5.97 Å². The van der Waals surface area contributed by atoms with E-state index in [4.69, 9.17) is 9.47 Å². The van der Waals surface area contributed by atoms with Crippen molar-refractivity contribution in [2.75, 3.05) is 19.8 Å². The fourth-order valence-corrected chi connectivity index (χ4v) is 5.51. The molecule has 4 heteroatoms. The van der Waals surface area contributed by atoms with Crippen LogP contribution in [0.3, 0.4) is 0 Å². The van der Waals surface area contributed by atoms with Crippen LogP contribution in [0, 0.1) is 0 Å². The first-order valence-electron chi connectivity index (χ1n) is 20.5. The number of allylic oxidation sites excluding steroid dienone is 12. The van der Waals surface area contributed by atoms with Gasteiger partial charge in [-0.15, -0.1) is 0 Å². The Morgan fingerprint density at radius 2 is 0.918 bits per heavy atom. The fourth-order valence-electron chi connectivity index (χ4n) is 5.51. The van der Waals surface area contributed by atoms with Crippen LogP contribution in [-0.4, -0.2) is 37.0 Å². The summed E-state index contributed by atoms with van der Waals surface area (Å²) in [5, 5.41) is 9.58. The molecule has 1 unspecified atom stereocenters. The molecule has 0 amide bonds. The van der Waals surface area contributed by atoms with Gasteiger partial charge in [-0.2, -0.15) is 0 Å². The molecular weight excluding hydrogens is 604 g/mol. The normalized spacial score (nSPS) is 13.1. The van der Waals surface area contributed by atoms with Crippen LogP contribution in [-0.2, 0) is 14.3 Å². The van der Waals surface area contributed by atoms with Gasteiger partial charge < -0.3 is 14.6 Å². The summed E-state index contributed by atoms with van der Waals surface area (Å²) in [4.78, 5) is 12.2. The van der Waals surface area contributed by atoms with Crippen molar-refractivity contribution in [1.29, 1.82) is 0 Å². The van der Waals surface area contributed by atoms with E-state index in [1.165, 1.54) is 96.3 Å². The summed E-state index contributed by atoms with van der Waals surface area (Å²) >= 11 is 0. The summed E-state index contributed by atoms with van der Waals surface area (Å²) in [6.07, 6.45) is 56.7. The van der Waals surface area contributed by atoms with Crippen LogP contribution in [0.1, 0.15) is 181 Å². The molecule has 0 aliphatic carbocycles. The van der Waals surface area contributed by atoms with E-state index in [1.807, 2.05) is 0 Å². The number of rotatable bonds is 37. The highest BCUT2D eigenvalue weighted by Gasteiger charge is 2.13. The Labute approximate surface area is 304 Å². The number of aliphatic hydroxyl groups excluding tert-OH is 1. The summed E-state index contributed by atoms with van der Waals surface area (Å²) in [7, 11) is 0. The molecule has 0 saturated heterocycles. The summed E-state index contributed by atoms with van der Waals surface area (Å²) in [6.45, 7) is 5.19. The Morgan fingerprint density at radius 1 is 0.510 bits per heavy atom.